The number of carbonyl (C=O) groups is 1. The van der Waals surface area contributed by atoms with Gasteiger partial charge in [-0.05, 0) is 39.0 Å². The third-order valence-electron chi connectivity index (χ3n) is 2.72. The van der Waals surface area contributed by atoms with Gasteiger partial charge in [-0.2, -0.15) is 0 Å². The zero-order valence-electron chi connectivity index (χ0n) is 11.6. The number of benzene rings is 1. The maximum absolute atomic E-state index is 12.1. The van der Waals surface area contributed by atoms with Crippen molar-refractivity contribution < 1.29 is 14.3 Å². The maximum Gasteiger partial charge on any atom is 0.410 e. The topological polar surface area (TPSA) is 64.8 Å². The second kappa shape index (κ2) is 4.99. The first kappa shape index (κ1) is 13.5. The van der Waals surface area contributed by atoms with Crippen LogP contribution in [-0.2, 0) is 11.3 Å². The Morgan fingerprint density at radius 3 is 2.84 bits per heavy atom. The number of ether oxygens (including phenoxy) is 2. The van der Waals surface area contributed by atoms with E-state index in [1.807, 2.05) is 32.9 Å². The van der Waals surface area contributed by atoms with Crippen molar-refractivity contribution in [1.82, 2.24) is 4.90 Å². The van der Waals surface area contributed by atoms with Crippen molar-refractivity contribution in [2.45, 2.75) is 32.9 Å². The van der Waals surface area contributed by atoms with Crippen molar-refractivity contribution in [3.05, 3.63) is 23.8 Å². The van der Waals surface area contributed by atoms with E-state index in [0.29, 0.717) is 25.4 Å². The second-order valence-corrected chi connectivity index (χ2v) is 5.62. The van der Waals surface area contributed by atoms with Crippen LogP contribution in [0.25, 0.3) is 0 Å². The van der Waals surface area contributed by atoms with Gasteiger partial charge in [0.05, 0.1) is 13.1 Å². The van der Waals surface area contributed by atoms with Gasteiger partial charge in [0.15, 0.2) is 0 Å². The molecule has 1 aromatic rings. The Kier molecular flexibility index (Phi) is 3.55. The van der Waals surface area contributed by atoms with Crippen LogP contribution in [0.1, 0.15) is 26.3 Å². The van der Waals surface area contributed by atoms with Crippen LogP contribution in [0.4, 0.5) is 10.5 Å². The molecule has 0 bridgehead atoms. The number of hydrogen-bond acceptors (Lipinski definition) is 4. The number of nitrogens with zero attached hydrogens (tertiary/aromatic N) is 1. The number of hydrogen-bond donors (Lipinski definition) is 1. The number of carbonyl (C=O) groups excluding carboxylic acids is 1. The number of rotatable bonds is 0. The molecule has 0 radical (unpaired) electrons. The van der Waals surface area contributed by atoms with Crippen LogP contribution < -0.4 is 10.5 Å². The fourth-order valence-electron chi connectivity index (χ4n) is 1.90. The van der Waals surface area contributed by atoms with Crippen LogP contribution in [0.3, 0.4) is 0 Å². The number of anilines is 1. The Morgan fingerprint density at radius 2 is 2.16 bits per heavy atom. The lowest BCUT2D eigenvalue weighted by Crippen LogP contribution is -2.37. The van der Waals surface area contributed by atoms with E-state index in [1.54, 1.807) is 11.0 Å². The molecule has 0 aliphatic carbocycles. The van der Waals surface area contributed by atoms with E-state index >= 15 is 0 Å². The Morgan fingerprint density at radius 1 is 1.42 bits per heavy atom. The van der Waals surface area contributed by atoms with Crippen LogP contribution in [-0.4, -0.2) is 29.7 Å². The molecule has 104 valence electrons. The van der Waals surface area contributed by atoms with E-state index in [9.17, 15) is 4.79 Å². The molecule has 1 heterocycles. The fraction of sp³-hybridized carbons (Fsp3) is 0.500. The summed E-state index contributed by atoms with van der Waals surface area (Å²) in [6.45, 7) is 6.97. The van der Waals surface area contributed by atoms with Crippen LogP contribution in [0, 0.1) is 0 Å². The summed E-state index contributed by atoms with van der Waals surface area (Å²) in [7, 11) is 0. The molecule has 0 aromatic heterocycles. The van der Waals surface area contributed by atoms with E-state index in [-0.39, 0.29) is 6.09 Å². The SMILES string of the molecule is CC(C)(C)OC(=O)N1CCOc2ccc(N)cc2C1. The van der Waals surface area contributed by atoms with Crippen molar-refractivity contribution in [1.29, 1.82) is 0 Å². The molecular weight excluding hydrogens is 244 g/mol. The normalized spacial score (nSPS) is 15.2. The largest absolute Gasteiger partial charge is 0.491 e. The Balaban J connectivity index is 2.15. The van der Waals surface area contributed by atoms with E-state index < -0.39 is 5.60 Å². The van der Waals surface area contributed by atoms with Crippen molar-refractivity contribution in [2.75, 3.05) is 18.9 Å². The minimum absolute atomic E-state index is 0.327. The van der Waals surface area contributed by atoms with Crippen molar-refractivity contribution >= 4 is 11.8 Å². The summed E-state index contributed by atoms with van der Waals surface area (Å²) in [5.41, 5.74) is 6.84. The molecule has 2 N–H and O–H groups in total. The number of nitrogen functional groups attached to an aromatic ring is 1. The summed E-state index contributed by atoms with van der Waals surface area (Å²) < 4.78 is 11.0. The summed E-state index contributed by atoms with van der Waals surface area (Å²) in [6.07, 6.45) is -0.327. The average Bonchev–Trinajstić information content (AvgIpc) is 2.48. The molecule has 0 atom stereocenters. The molecule has 19 heavy (non-hydrogen) atoms. The predicted octanol–water partition coefficient (Wildman–Crippen LogP) is 2.40. The third kappa shape index (κ3) is 3.53. The average molecular weight is 264 g/mol. The predicted molar refractivity (Wildman–Crippen MR) is 73.0 cm³/mol. The first-order valence-electron chi connectivity index (χ1n) is 6.34. The minimum Gasteiger partial charge on any atom is -0.491 e. The summed E-state index contributed by atoms with van der Waals surface area (Å²) in [5.74, 6) is 0.778. The molecule has 1 amide bonds. The van der Waals surface area contributed by atoms with E-state index in [0.717, 1.165) is 11.3 Å². The zero-order chi connectivity index (χ0) is 14.0. The monoisotopic (exact) mass is 264 g/mol. The van der Waals surface area contributed by atoms with E-state index in [2.05, 4.69) is 0 Å². The lowest BCUT2D eigenvalue weighted by Gasteiger charge is -2.26. The minimum atomic E-state index is -0.497. The first-order valence-corrected chi connectivity index (χ1v) is 6.34. The molecule has 0 unspecified atom stereocenters. The van der Waals surface area contributed by atoms with Crippen molar-refractivity contribution in [3.8, 4) is 5.75 Å². The van der Waals surface area contributed by atoms with E-state index in [1.165, 1.54) is 0 Å². The fourth-order valence-corrected chi connectivity index (χ4v) is 1.90. The maximum atomic E-state index is 12.1. The highest BCUT2D eigenvalue weighted by molar-refractivity contribution is 5.68. The summed E-state index contributed by atoms with van der Waals surface area (Å²) >= 11 is 0. The highest BCUT2D eigenvalue weighted by Gasteiger charge is 2.25. The van der Waals surface area contributed by atoms with E-state index in [4.69, 9.17) is 15.2 Å². The molecule has 0 fully saturated rings. The highest BCUT2D eigenvalue weighted by Crippen LogP contribution is 2.26. The molecule has 5 heteroatoms. The lowest BCUT2D eigenvalue weighted by atomic mass is 10.1. The summed E-state index contributed by atoms with van der Waals surface area (Å²) in [4.78, 5) is 13.7. The lowest BCUT2D eigenvalue weighted by molar-refractivity contribution is 0.0225. The molecule has 5 nitrogen and oxygen atoms in total. The Bertz CT molecular complexity index is 480. The van der Waals surface area contributed by atoms with Gasteiger partial charge in [-0.3, -0.25) is 0 Å². The molecule has 2 rings (SSSR count). The van der Waals surface area contributed by atoms with Gasteiger partial charge >= 0.3 is 6.09 Å². The van der Waals surface area contributed by atoms with Gasteiger partial charge in [-0.25, -0.2) is 4.79 Å². The number of nitrogens with two attached hydrogens (primary N) is 1. The van der Waals surface area contributed by atoms with Gasteiger partial charge in [-0.1, -0.05) is 0 Å². The van der Waals surface area contributed by atoms with Crippen LogP contribution in [0.5, 0.6) is 5.75 Å². The van der Waals surface area contributed by atoms with Crippen LogP contribution in [0.15, 0.2) is 18.2 Å². The summed E-state index contributed by atoms with van der Waals surface area (Å²) in [5, 5.41) is 0. The number of fused-ring (bicyclic) bond motifs is 1. The Hall–Kier alpha value is -1.91. The van der Waals surface area contributed by atoms with Gasteiger partial charge in [0.1, 0.15) is 18.0 Å². The molecular formula is C14H20N2O3. The van der Waals surface area contributed by atoms with Gasteiger partial charge in [-0.15, -0.1) is 0 Å². The third-order valence-corrected chi connectivity index (χ3v) is 2.72. The van der Waals surface area contributed by atoms with Crippen molar-refractivity contribution in [3.63, 3.8) is 0 Å². The first-order chi connectivity index (χ1) is 8.85. The molecule has 1 aliphatic rings. The van der Waals surface area contributed by atoms with Crippen molar-refractivity contribution in [2.24, 2.45) is 0 Å². The molecule has 0 saturated carbocycles. The van der Waals surface area contributed by atoms with Crippen LogP contribution >= 0.6 is 0 Å². The van der Waals surface area contributed by atoms with Gasteiger partial charge in [0, 0.05) is 11.3 Å². The zero-order valence-corrected chi connectivity index (χ0v) is 11.6. The molecule has 0 saturated heterocycles. The molecule has 1 aliphatic heterocycles. The molecule has 1 aromatic carbocycles. The Labute approximate surface area is 113 Å². The van der Waals surface area contributed by atoms with Gasteiger partial charge in [0.25, 0.3) is 0 Å². The van der Waals surface area contributed by atoms with Gasteiger partial charge < -0.3 is 20.1 Å². The summed E-state index contributed by atoms with van der Waals surface area (Å²) in [6, 6.07) is 5.46. The number of amides is 1. The standard InChI is InChI=1S/C14H20N2O3/c1-14(2,3)19-13(17)16-6-7-18-12-5-4-11(15)8-10(12)9-16/h4-5,8H,6-7,9,15H2,1-3H3. The quantitative estimate of drug-likeness (QED) is 0.731. The molecule has 0 spiro atoms. The van der Waals surface area contributed by atoms with Gasteiger partial charge in [0.2, 0.25) is 0 Å². The highest BCUT2D eigenvalue weighted by atomic mass is 16.6. The second-order valence-electron chi connectivity index (χ2n) is 5.62. The van der Waals surface area contributed by atoms with Crippen LogP contribution in [0.2, 0.25) is 0 Å². The smallest absolute Gasteiger partial charge is 0.410 e.